The molecular weight excluding hydrogens is 596 g/mol. The van der Waals surface area contributed by atoms with Gasteiger partial charge < -0.3 is 29.6 Å². The van der Waals surface area contributed by atoms with Crippen molar-refractivity contribution < 1.29 is 33.3 Å². The van der Waals surface area contributed by atoms with E-state index in [0.29, 0.717) is 36.7 Å². The molecule has 0 aliphatic carbocycles. The summed E-state index contributed by atoms with van der Waals surface area (Å²) in [5.41, 5.74) is 3.53. The Kier molecular flexibility index (Phi) is 13.2. The van der Waals surface area contributed by atoms with Crippen molar-refractivity contribution >= 4 is 18.0 Å². The topological polar surface area (TPSA) is 112 Å². The van der Waals surface area contributed by atoms with Gasteiger partial charge in [0.05, 0.1) is 7.11 Å². The highest BCUT2D eigenvalue weighted by molar-refractivity contribution is 5.89. The number of hydrogen-bond acceptors (Lipinski definition) is 7. The molecule has 0 radical (unpaired) electrons. The summed E-state index contributed by atoms with van der Waals surface area (Å²) in [4.78, 5) is 39.0. The summed E-state index contributed by atoms with van der Waals surface area (Å²) in [7, 11) is 1.27. The van der Waals surface area contributed by atoms with Crippen LogP contribution in [0.5, 0.6) is 11.5 Å². The Balaban J connectivity index is 1.47. The number of benzene rings is 4. The van der Waals surface area contributed by atoms with Crippen LogP contribution >= 0.6 is 0 Å². The van der Waals surface area contributed by atoms with Crippen LogP contribution in [0, 0.1) is 5.92 Å². The van der Waals surface area contributed by atoms with Crippen LogP contribution in [0.25, 0.3) is 0 Å². The molecule has 0 aliphatic heterocycles. The fourth-order valence-electron chi connectivity index (χ4n) is 4.84. The molecule has 246 valence electrons. The molecule has 0 aliphatic rings. The number of amides is 2. The number of carbonyl (C=O) groups excluding carboxylic acids is 3. The standard InChI is InChI=1S/C38H42N2O7/c1-27(2)21-32(40-38(43)47-26-30-17-11-6-12-18-30)36(41)39-33(37(42)44-3)22-31-19-20-34(45-24-28-13-7-4-8-14-28)35(23-31)46-25-29-15-9-5-10-16-29/h4-20,23,27,32-33H,21-22,24-26H2,1-3H3,(H,39,41)(H,40,43)/t32-,33+/m0/s1. The highest BCUT2D eigenvalue weighted by atomic mass is 16.5. The molecule has 2 atom stereocenters. The zero-order valence-corrected chi connectivity index (χ0v) is 27.0. The van der Waals surface area contributed by atoms with E-state index in [2.05, 4.69) is 10.6 Å². The highest BCUT2D eigenvalue weighted by Crippen LogP contribution is 2.31. The summed E-state index contributed by atoms with van der Waals surface area (Å²) >= 11 is 0. The van der Waals surface area contributed by atoms with Crippen LogP contribution < -0.4 is 20.1 Å². The minimum Gasteiger partial charge on any atom is -0.485 e. The van der Waals surface area contributed by atoms with Crippen LogP contribution in [0.1, 0.15) is 42.5 Å². The largest absolute Gasteiger partial charge is 0.485 e. The van der Waals surface area contributed by atoms with Crippen molar-refractivity contribution in [3.63, 3.8) is 0 Å². The first-order valence-electron chi connectivity index (χ1n) is 15.6. The van der Waals surface area contributed by atoms with Crippen LogP contribution in [-0.2, 0) is 45.3 Å². The highest BCUT2D eigenvalue weighted by Gasteiger charge is 2.29. The summed E-state index contributed by atoms with van der Waals surface area (Å²) in [6.45, 7) is 4.60. The Morgan fingerprint density at radius 1 is 0.617 bits per heavy atom. The summed E-state index contributed by atoms with van der Waals surface area (Å²) in [6.07, 6.45) is -0.271. The maximum Gasteiger partial charge on any atom is 0.408 e. The van der Waals surface area contributed by atoms with Crippen molar-refractivity contribution in [1.29, 1.82) is 0 Å². The van der Waals surface area contributed by atoms with E-state index in [4.69, 9.17) is 18.9 Å². The van der Waals surface area contributed by atoms with E-state index >= 15 is 0 Å². The minimum atomic E-state index is -1.03. The third kappa shape index (κ3) is 11.5. The predicted molar refractivity (Wildman–Crippen MR) is 179 cm³/mol. The second kappa shape index (κ2) is 18.0. The van der Waals surface area contributed by atoms with Crippen molar-refractivity contribution in [2.75, 3.05) is 7.11 Å². The van der Waals surface area contributed by atoms with Gasteiger partial charge in [0.1, 0.15) is 31.9 Å². The van der Waals surface area contributed by atoms with Gasteiger partial charge in [0.15, 0.2) is 11.5 Å². The number of carbonyl (C=O) groups is 3. The lowest BCUT2D eigenvalue weighted by Gasteiger charge is -2.23. The van der Waals surface area contributed by atoms with Gasteiger partial charge in [0.2, 0.25) is 5.91 Å². The number of hydrogen-bond donors (Lipinski definition) is 2. The molecule has 2 amide bonds. The molecule has 4 aromatic rings. The molecule has 0 unspecified atom stereocenters. The van der Waals surface area contributed by atoms with E-state index in [1.807, 2.05) is 111 Å². The normalized spacial score (nSPS) is 12.0. The molecular formula is C38H42N2O7. The lowest BCUT2D eigenvalue weighted by molar-refractivity contribution is -0.145. The lowest BCUT2D eigenvalue weighted by Crippen LogP contribution is -2.53. The lowest BCUT2D eigenvalue weighted by atomic mass is 10.0. The van der Waals surface area contributed by atoms with Crippen LogP contribution in [0.2, 0.25) is 0 Å². The van der Waals surface area contributed by atoms with Gasteiger partial charge >= 0.3 is 12.1 Å². The number of alkyl carbamates (subject to hydrolysis) is 1. The van der Waals surface area contributed by atoms with Crippen LogP contribution in [0.3, 0.4) is 0 Å². The van der Waals surface area contributed by atoms with E-state index in [-0.39, 0.29) is 18.9 Å². The number of nitrogens with one attached hydrogen (secondary N) is 2. The first-order chi connectivity index (χ1) is 22.8. The maximum absolute atomic E-state index is 13.5. The van der Waals surface area contributed by atoms with Gasteiger partial charge in [-0.25, -0.2) is 9.59 Å². The van der Waals surface area contributed by atoms with Crippen LogP contribution in [-0.4, -0.2) is 37.2 Å². The second-order valence-electron chi connectivity index (χ2n) is 11.5. The molecule has 47 heavy (non-hydrogen) atoms. The van der Waals surface area contributed by atoms with Gasteiger partial charge in [-0.2, -0.15) is 0 Å². The zero-order valence-electron chi connectivity index (χ0n) is 27.0. The molecule has 0 fully saturated rings. The molecule has 9 heteroatoms. The molecule has 0 bridgehead atoms. The van der Waals surface area contributed by atoms with Gasteiger partial charge in [0, 0.05) is 6.42 Å². The summed E-state index contributed by atoms with van der Waals surface area (Å²) in [6, 6.07) is 32.3. The summed E-state index contributed by atoms with van der Waals surface area (Å²) in [5.74, 6) is -0.0248. The maximum atomic E-state index is 13.5. The minimum absolute atomic E-state index is 0.0627. The van der Waals surface area contributed by atoms with Crippen LogP contribution in [0.15, 0.2) is 109 Å². The summed E-state index contributed by atoms with van der Waals surface area (Å²) in [5, 5.41) is 5.44. The molecule has 2 N–H and O–H groups in total. The Bertz CT molecular complexity index is 1560. The fourth-order valence-corrected chi connectivity index (χ4v) is 4.84. The van der Waals surface area contributed by atoms with E-state index in [0.717, 1.165) is 16.7 Å². The van der Waals surface area contributed by atoms with Gasteiger partial charge in [-0.1, -0.05) is 111 Å². The van der Waals surface area contributed by atoms with Crippen molar-refractivity contribution in [2.24, 2.45) is 5.92 Å². The Morgan fingerprint density at radius 2 is 1.15 bits per heavy atom. The third-order valence-corrected chi connectivity index (χ3v) is 7.25. The van der Waals surface area contributed by atoms with E-state index < -0.39 is 30.1 Å². The number of rotatable bonds is 16. The van der Waals surface area contributed by atoms with Crippen molar-refractivity contribution in [3.8, 4) is 11.5 Å². The fraction of sp³-hybridized carbons (Fsp3) is 0.289. The second-order valence-corrected chi connectivity index (χ2v) is 11.5. The van der Waals surface area contributed by atoms with Gasteiger partial charge in [-0.3, -0.25) is 4.79 Å². The van der Waals surface area contributed by atoms with E-state index in [1.165, 1.54) is 7.11 Å². The molecule has 0 heterocycles. The van der Waals surface area contributed by atoms with Crippen LogP contribution in [0.4, 0.5) is 4.79 Å². The molecule has 4 aromatic carbocycles. The van der Waals surface area contributed by atoms with Gasteiger partial charge in [-0.15, -0.1) is 0 Å². The summed E-state index contributed by atoms with van der Waals surface area (Å²) < 4.78 is 22.7. The monoisotopic (exact) mass is 638 g/mol. The van der Waals surface area contributed by atoms with E-state index in [1.54, 1.807) is 12.1 Å². The molecule has 0 spiro atoms. The SMILES string of the molecule is COC(=O)[C@@H](Cc1ccc(OCc2ccccc2)c(OCc2ccccc2)c1)NC(=O)[C@H](CC(C)C)NC(=O)OCc1ccccc1. The van der Waals surface area contributed by atoms with Crippen molar-refractivity contribution in [2.45, 2.75) is 58.6 Å². The average molecular weight is 639 g/mol. The smallest absolute Gasteiger partial charge is 0.408 e. The van der Waals surface area contributed by atoms with Gasteiger partial charge in [0.25, 0.3) is 0 Å². The van der Waals surface area contributed by atoms with Gasteiger partial charge in [-0.05, 0) is 46.7 Å². The average Bonchev–Trinajstić information content (AvgIpc) is 3.09. The van der Waals surface area contributed by atoms with E-state index in [9.17, 15) is 14.4 Å². The first-order valence-corrected chi connectivity index (χ1v) is 15.6. The molecule has 0 aromatic heterocycles. The number of ether oxygens (including phenoxy) is 4. The predicted octanol–water partition coefficient (Wildman–Crippen LogP) is 6.39. The molecule has 9 nitrogen and oxygen atoms in total. The molecule has 4 rings (SSSR count). The molecule has 0 saturated carbocycles. The van der Waals surface area contributed by atoms with Crippen molar-refractivity contribution in [1.82, 2.24) is 10.6 Å². The third-order valence-electron chi connectivity index (χ3n) is 7.25. The Hall–Kier alpha value is -5.31. The number of esters is 1. The molecule has 0 saturated heterocycles. The number of methoxy groups -OCH3 is 1. The van der Waals surface area contributed by atoms with Crippen molar-refractivity contribution in [3.05, 3.63) is 131 Å². The quantitative estimate of drug-likeness (QED) is 0.137. The Morgan fingerprint density at radius 3 is 1.68 bits per heavy atom. The zero-order chi connectivity index (χ0) is 33.4. The Labute approximate surface area is 276 Å². The first kappa shape index (κ1) is 34.6.